The van der Waals surface area contributed by atoms with E-state index in [0.29, 0.717) is 6.42 Å². The Balaban J connectivity index is 1.55. The molecule has 5 rings (SSSR count). The van der Waals surface area contributed by atoms with Crippen molar-refractivity contribution in [2.75, 3.05) is 13.6 Å². The number of likely N-dealkylation sites (N-methyl/N-ethyl adjacent to an activating group) is 1. The van der Waals surface area contributed by atoms with Crippen LogP contribution in [0.5, 0.6) is 0 Å². The van der Waals surface area contributed by atoms with Gasteiger partial charge in [-0.15, -0.1) is 0 Å². The number of Topliss-reactive ketones (excluding diaryl/α,β-unsaturated/α-hetero) is 1. The van der Waals surface area contributed by atoms with Crippen LogP contribution in [-0.4, -0.2) is 54.4 Å². The molecule has 0 bridgehead atoms. The Hall–Kier alpha value is -1.34. The Kier molecular flexibility index (Phi) is 5.32. The molecule has 5 aliphatic rings. The van der Waals surface area contributed by atoms with Gasteiger partial charge in [0.25, 0.3) is 0 Å². The van der Waals surface area contributed by atoms with Gasteiger partial charge in [-0.1, -0.05) is 38.8 Å². The van der Waals surface area contributed by atoms with Gasteiger partial charge in [-0.2, -0.15) is 0 Å². The van der Waals surface area contributed by atoms with E-state index in [1.54, 1.807) is 19.2 Å². The Labute approximate surface area is 190 Å². The van der Waals surface area contributed by atoms with Crippen LogP contribution in [0.1, 0.15) is 59.3 Å². The molecule has 1 saturated heterocycles. The first-order valence-electron chi connectivity index (χ1n) is 12.3. The van der Waals surface area contributed by atoms with Gasteiger partial charge in [-0.3, -0.25) is 9.59 Å². The maximum Gasteiger partial charge on any atom is 0.181 e. The maximum absolute atomic E-state index is 13.6. The predicted molar refractivity (Wildman–Crippen MR) is 120 cm³/mol. The standard InChI is InChI=1S/C26H37NO5/c1-5-6-22-31-21-12-18-17-8-7-15-11-16(28)9-10-24(15,2)23(17)19(29)13-25(18,3)26(21,32-22)20(30)14-27-4/h9-11,17-19,21-23,27,29H,5-8,12-14H2,1-4H3. The number of hydrogen-bond acceptors (Lipinski definition) is 6. The van der Waals surface area contributed by atoms with Gasteiger partial charge < -0.3 is 19.9 Å². The van der Waals surface area contributed by atoms with Crippen molar-refractivity contribution in [1.82, 2.24) is 5.32 Å². The van der Waals surface area contributed by atoms with Crippen LogP contribution in [0.4, 0.5) is 0 Å². The summed E-state index contributed by atoms with van der Waals surface area (Å²) in [6.45, 7) is 6.67. The van der Waals surface area contributed by atoms with Crippen LogP contribution in [0.25, 0.3) is 0 Å². The number of aliphatic hydroxyl groups is 1. The molecule has 2 N–H and O–H groups in total. The number of aliphatic hydroxyl groups excluding tert-OH is 1. The lowest BCUT2D eigenvalue weighted by Crippen LogP contribution is -2.64. The molecule has 4 fully saturated rings. The van der Waals surface area contributed by atoms with Gasteiger partial charge in [-0.05, 0) is 63.1 Å². The summed E-state index contributed by atoms with van der Waals surface area (Å²) in [5.41, 5.74) is -0.671. The molecule has 6 heteroatoms. The summed E-state index contributed by atoms with van der Waals surface area (Å²) in [5.74, 6) is 0.609. The average Bonchev–Trinajstić information content (AvgIpc) is 3.21. The van der Waals surface area contributed by atoms with Crippen LogP contribution < -0.4 is 5.32 Å². The minimum absolute atomic E-state index is 0.0339. The molecule has 6 nitrogen and oxygen atoms in total. The van der Waals surface area contributed by atoms with Crippen LogP contribution in [0, 0.1) is 28.6 Å². The van der Waals surface area contributed by atoms with Crippen molar-refractivity contribution in [2.45, 2.75) is 83.4 Å². The fourth-order valence-electron chi connectivity index (χ4n) is 8.30. The summed E-state index contributed by atoms with van der Waals surface area (Å²) in [4.78, 5) is 25.7. The maximum atomic E-state index is 13.6. The van der Waals surface area contributed by atoms with Crippen molar-refractivity contribution in [1.29, 1.82) is 0 Å². The highest BCUT2D eigenvalue weighted by molar-refractivity contribution is 6.01. The Morgan fingerprint density at radius 3 is 2.84 bits per heavy atom. The molecule has 0 spiro atoms. The van der Waals surface area contributed by atoms with Crippen molar-refractivity contribution in [2.24, 2.45) is 28.6 Å². The molecule has 9 atom stereocenters. The third kappa shape index (κ3) is 2.79. The molecule has 4 aliphatic carbocycles. The monoisotopic (exact) mass is 443 g/mol. The van der Waals surface area contributed by atoms with Crippen molar-refractivity contribution >= 4 is 11.6 Å². The van der Waals surface area contributed by atoms with Crippen LogP contribution in [-0.2, 0) is 19.1 Å². The van der Waals surface area contributed by atoms with E-state index in [-0.39, 0.29) is 53.7 Å². The van der Waals surface area contributed by atoms with Crippen LogP contribution in [0.2, 0.25) is 0 Å². The molecular formula is C26H37NO5. The number of hydrogen-bond donors (Lipinski definition) is 2. The van der Waals surface area contributed by atoms with Gasteiger partial charge in [0.2, 0.25) is 0 Å². The second-order valence-electron chi connectivity index (χ2n) is 11.1. The van der Waals surface area contributed by atoms with E-state index in [2.05, 4.69) is 26.1 Å². The fourth-order valence-corrected chi connectivity index (χ4v) is 8.30. The highest BCUT2D eigenvalue weighted by Gasteiger charge is 2.75. The van der Waals surface area contributed by atoms with E-state index < -0.39 is 17.1 Å². The zero-order valence-electron chi connectivity index (χ0n) is 19.7. The van der Waals surface area contributed by atoms with Gasteiger partial charge in [0.15, 0.2) is 23.5 Å². The first kappa shape index (κ1) is 22.5. The minimum atomic E-state index is -1.01. The van der Waals surface area contributed by atoms with Gasteiger partial charge in [0.05, 0.1) is 18.8 Å². The lowest BCUT2D eigenvalue weighted by Gasteiger charge is -2.59. The number of rotatable bonds is 5. The molecular weight excluding hydrogens is 406 g/mol. The smallest absolute Gasteiger partial charge is 0.181 e. The van der Waals surface area contributed by atoms with E-state index in [1.807, 2.05) is 6.08 Å². The number of ether oxygens (including phenoxy) is 2. The van der Waals surface area contributed by atoms with Crippen LogP contribution in [0.15, 0.2) is 23.8 Å². The SMILES string of the molecule is CCCC1OC2CC3C4CCC5=CC(=O)C=CC5(C)C4C(O)CC3(C)C2(C(=O)CNC)O1. The second kappa shape index (κ2) is 7.59. The van der Waals surface area contributed by atoms with E-state index in [9.17, 15) is 14.7 Å². The number of carbonyl (C=O) groups is 2. The number of nitrogens with one attached hydrogen (secondary N) is 1. The van der Waals surface area contributed by atoms with Crippen molar-refractivity contribution in [3.8, 4) is 0 Å². The van der Waals surface area contributed by atoms with Gasteiger partial charge in [0.1, 0.15) is 0 Å². The number of fused-ring (bicyclic) bond motifs is 7. The number of carbonyl (C=O) groups excluding carboxylic acids is 2. The summed E-state index contributed by atoms with van der Waals surface area (Å²) in [5, 5.41) is 14.7. The molecule has 0 aromatic carbocycles. The Morgan fingerprint density at radius 2 is 2.12 bits per heavy atom. The zero-order chi connectivity index (χ0) is 22.9. The minimum Gasteiger partial charge on any atom is -0.393 e. The van der Waals surface area contributed by atoms with Gasteiger partial charge in [0, 0.05) is 16.7 Å². The topological polar surface area (TPSA) is 84.9 Å². The number of allylic oxidation sites excluding steroid dienone is 4. The van der Waals surface area contributed by atoms with E-state index in [1.165, 1.54) is 0 Å². The van der Waals surface area contributed by atoms with E-state index in [4.69, 9.17) is 9.47 Å². The molecule has 0 aromatic rings. The lowest BCUT2D eigenvalue weighted by atomic mass is 9.46. The summed E-state index contributed by atoms with van der Waals surface area (Å²) in [6.07, 6.45) is 9.05. The van der Waals surface area contributed by atoms with E-state index in [0.717, 1.165) is 37.7 Å². The molecule has 1 aliphatic heterocycles. The predicted octanol–water partition coefficient (Wildman–Crippen LogP) is 2.94. The summed E-state index contributed by atoms with van der Waals surface area (Å²) in [6, 6.07) is 0. The number of ketones is 2. The third-order valence-corrected chi connectivity index (χ3v) is 9.57. The highest BCUT2D eigenvalue weighted by atomic mass is 16.7. The third-order valence-electron chi connectivity index (χ3n) is 9.57. The largest absolute Gasteiger partial charge is 0.393 e. The Bertz CT molecular complexity index is 881. The molecule has 3 saturated carbocycles. The molecule has 0 radical (unpaired) electrons. The van der Waals surface area contributed by atoms with E-state index >= 15 is 0 Å². The van der Waals surface area contributed by atoms with Crippen molar-refractivity contribution in [3.05, 3.63) is 23.8 Å². The normalized spacial score (nSPS) is 49.2. The molecule has 9 unspecified atom stereocenters. The lowest BCUT2D eigenvalue weighted by molar-refractivity contribution is -0.198. The molecule has 32 heavy (non-hydrogen) atoms. The summed E-state index contributed by atoms with van der Waals surface area (Å²) < 4.78 is 13.0. The summed E-state index contributed by atoms with van der Waals surface area (Å²) in [7, 11) is 1.79. The first-order chi connectivity index (χ1) is 15.2. The Morgan fingerprint density at radius 1 is 1.34 bits per heavy atom. The quantitative estimate of drug-likeness (QED) is 0.680. The molecule has 1 heterocycles. The van der Waals surface area contributed by atoms with Crippen LogP contribution in [0.3, 0.4) is 0 Å². The fraction of sp³-hybridized carbons (Fsp3) is 0.769. The van der Waals surface area contributed by atoms with Crippen molar-refractivity contribution < 1.29 is 24.2 Å². The molecule has 0 aromatic heterocycles. The first-order valence-corrected chi connectivity index (χ1v) is 12.3. The molecule has 176 valence electrons. The van der Waals surface area contributed by atoms with Gasteiger partial charge in [-0.25, -0.2) is 0 Å². The zero-order valence-corrected chi connectivity index (χ0v) is 19.7. The van der Waals surface area contributed by atoms with Crippen LogP contribution >= 0.6 is 0 Å². The van der Waals surface area contributed by atoms with Crippen molar-refractivity contribution in [3.63, 3.8) is 0 Å². The second-order valence-corrected chi connectivity index (χ2v) is 11.1. The van der Waals surface area contributed by atoms with Gasteiger partial charge >= 0.3 is 0 Å². The average molecular weight is 444 g/mol. The highest BCUT2D eigenvalue weighted by Crippen LogP contribution is 2.69. The summed E-state index contributed by atoms with van der Waals surface area (Å²) >= 11 is 0. The molecule has 0 amide bonds.